The fraction of sp³-hybridized carbons (Fsp3) is 0. The van der Waals surface area contributed by atoms with E-state index in [1.54, 1.807) is 41.9 Å². The monoisotopic (exact) mass is 313 g/mol. The first-order chi connectivity index (χ1) is 10.6. The number of hydrogen-bond donors (Lipinski definition) is 4. The number of nitrogens with one attached hydrogen (secondary N) is 3. The number of rotatable bonds is 5. The number of para-hydroxylation sites is 1. The van der Waals surface area contributed by atoms with Crippen molar-refractivity contribution in [1.29, 1.82) is 10.7 Å². The Labute approximate surface area is 129 Å². The Bertz CT molecular complexity index is 761. The summed E-state index contributed by atoms with van der Waals surface area (Å²) in [5.74, 6) is -0.825. The Hall–Kier alpha value is -3.25. The van der Waals surface area contributed by atoms with Gasteiger partial charge in [-0.15, -0.1) is 11.3 Å². The van der Waals surface area contributed by atoms with Gasteiger partial charge in [-0.25, -0.2) is 4.98 Å². The number of nitrogens with zero attached hydrogens (tertiary/aromatic N) is 3. The van der Waals surface area contributed by atoms with Crippen LogP contribution in [0.4, 0.5) is 10.8 Å². The number of anilines is 2. The van der Waals surface area contributed by atoms with Crippen molar-refractivity contribution in [2.45, 2.75) is 0 Å². The highest BCUT2D eigenvalue weighted by Crippen LogP contribution is 2.18. The smallest absolute Gasteiger partial charge is 0.259 e. The highest BCUT2D eigenvalue weighted by Gasteiger charge is 2.12. The number of benzene rings is 1. The summed E-state index contributed by atoms with van der Waals surface area (Å²) in [6, 6.07) is 8.31. The molecule has 0 spiro atoms. The molecule has 0 aliphatic rings. The summed E-state index contributed by atoms with van der Waals surface area (Å²) in [5.41, 5.74) is 8.21. The van der Waals surface area contributed by atoms with Gasteiger partial charge in [-0.1, -0.05) is 12.1 Å². The van der Waals surface area contributed by atoms with Gasteiger partial charge in [-0.2, -0.15) is 10.4 Å². The van der Waals surface area contributed by atoms with Gasteiger partial charge in [0, 0.05) is 11.6 Å². The molecule has 0 bridgehead atoms. The van der Waals surface area contributed by atoms with E-state index in [9.17, 15) is 4.79 Å². The second-order valence-corrected chi connectivity index (χ2v) is 4.83. The van der Waals surface area contributed by atoms with Crippen LogP contribution < -0.4 is 16.5 Å². The van der Waals surface area contributed by atoms with Crippen LogP contribution in [-0.2, 0) is 0 Å². The maximum Gasteiger partial charge on any atom is 0.259 e. The molecule has 0 fully saturated rings. The van der Waals surface area contributed by atoms with Crippen LogP contribution >= 0.6 is 11.3 Å². The topological polar surface area (TPSA) is 140 Å². The lowest BCUT2D eigenvalue weighted by molar-refractivity contribution is 0.102. The van der Waals surface area contributed by atoms with Gasteiger partial charge in [-0.05, 0) is 12.1 Å². The Kier molecular flexibility index (Phi) is 4.79. The van der Waals surface area contributed by atoms with E-state index >= 15 is 0 Å². The van der Waals surface area contributed by atoms with E-state index in [1.807, 2.05) is 0 Å². The fourth-order valence-corrected chi connectivity index (χ4v) is 2.01. The van der Waals surface area contributed by atoms with Crippen LogP contribution in [0.3, 0.4) is 0 Å². The number of nitriles is 1. The summed E-state index contributed by atoms with van der Waals surface area (Å²) in [6.45, 7) is 0. The molecule has 1 heterocycles. The summed E-state index contributed by atoms with van der Waals surface area (Å²) in [5, 5.41) is 24.6. The van der Waals surface area contributed by atoms with Crippen molar-refractivity contribution in [3.63, 3.8) is 0 Å². The first-order valence-corrected chi connectivity index (χ1v) is 6.88. The molecule has 1 aromatic carbocycles. The predicted molar refractivity (Wildman–Crippen MR) is 85.1 cm³/mol. The maximum absolute atomic E-state index is 12.2. The zero-order valence-corrected chi connectivity index (χ0v) is 12.0. The van der Waals surface area contributed by atoms with Crippen molar-refractivity contribution >= 4 is 39.6 Å². The molecule has 2 aromatic rings. The van der Waals surface area contributed by atoms with Gasteiger partial charge in [0.1, 0.15) is 6.07 Å². The van der Waals surface area contributed by atoms with Gasteiger partial charge >= 0.3 is 0 Å². The lowest BCUT2D eigenvalue weighted by Gasteiger charge is -2.08. The van der Waals surface area contributed by atoms with Gasteiger partial charge in [0.15, 0.2) is 11.0 Å². The zero-order valence-electron chi connectivity index (χ0n) is 11.2. The third kappa shape index (κ3) is 3.65. The van der Waals surface area contributed by atoms with Crippen LogP contribution in [0.5, 0.6) is 0 Å². The van der Waals surface area contributed by atoms with Crippen molar-refractivity contribution in [1.82, 2.24) is 4.98 Å². The van der Waals surface area contributed by atoms with Crippen molar-refractivity contribution in [2.75, 3.05) is 10.7 Å². The number of carbonyl (C=O) groups excluding carboxylic acids is 1. The highest BCUT2D eigenvalue weighted by atomic mass is 32.1. The lowest BCUT2D eigenvalue weighted by atomic mass is 10.1. The first kappa shape index (κ1) is 15.1. The van der Waals surface area contributed by atoms with E-state index < -0.39 is 5.84 Å². The highest BCUT2D eigenvalue weighted by molar-refractivity contribution is 7.13. The number of amidine groups is 1. The van der Waals surface area contributed by atoms with Gasteiger partial charge < -0.3 is 5.73 Å². The minimum Gasteiger partial charge on any atom is -0.382 e. The Morgan fingerprint density at radius 1 is 1.45 bits per heavy atom. The molecule has 5 N–H and O–H groups in total. The van der Waals surface area contributed by atoms with Crippen LogP contribution in [0.25, 0.3) is 0 Å². The normalized spacial score (nSPS) is 10.6. The Morgan fingerprint density at radius 3 is 2.86 bits per heavy atom. The van der Waals surface area contributed by atoms with Crippen LogP contribution in [0.15, 0.2) is 40.9 Å². The van der Waals surface area contributed by atoms with Crippen molar-refractivity contribution < 1.29 is 4.79 Å². The molecule has 8 nitrogen and oxygen atoms in total. The van der Waals surface area contributed by atoms with Crippen LogP contribution in [0.2, 0.25) is 0 Å². The number of aromatic nitrogens is 1. The number of amides is 1. The quantitative estimate of drug-likeness (QED) is 0.377. The minimum absolute atomic E-state index is 0.268. The largest absolute Gasteiger partial charge is 0.382 e. The number of hydrazone groups is 1. The molecule has 110 valence electrons. The summed E-state index contributed by atoms with van der Waals surface area (Å²) in [6.07, 6.45) is 1.58. The van der Waals surface area contributed by atoms with Gasteiger partial charge in [-0.3, -0.25) is 20.9 Å². The minimum atomic E-state index is -0.459. The Balaban J connectivity index is 2.22. The van der Waals surface area contributed by atoms with Gasteiger partial charge in [0.25, 0.3) is 5.91 Å². The van der Waals surface area contributed by atoms with Crippen LogP contribution in [-0.4, -0.2) is 22.4 Å². The zero-order chi connectivity index (χ0) is 15.9. The van der Waals surface area contributed by atoms with Crippen molar-refractivity contribution in [2.24, 2.45) is 10.8 Å². The van der Waals surface area contributed by atoms with E-state index in [0.29, 0.717) is 16.4 Å². The predicted octanol–water partition coefficient (Wildman–Crippen LogP) is 1.62. The molecule has 0 saturated carbocycles. The second kappa shape index (κ2) is 6.96. The van der Waals surface area contributed by atoms with E-state index in [4.69, 9.17) is 16.4 Å². The molecule has 0 aliphatic heterocycles. The number of carbonyl (C=O) groups is 1. The molecule has 2 rings (SSSR count). The van der Waals surface area contributed by atoms with Crippen LogP contribution in [0, 0.1) is 16.7 Å². The number of thiazole rings is 1. The SMILES string of the molecule is N#C/C(=N\Nc1ccccc1C(=O)Nc1nccs1)C(=N)N. The van der Waals surface area contributed by atoms with E-state index in [1.165, 1.54) is 11.3 Å². The molecule has 9 heteroatoms. The average molecular weight is 313 g/mol. The first-order valence-electron chi connectivity index (χ1n) is 6.00. The van der Waals surface area contributed by atoms with Crippen LogP contribution in [0.1, 0.15) is 10.4 Å². The maximum atomic E-state index is 12.2. The summed E-state index contributed by atoms with van der Waals surface area (Å²) >= 11 is 1.30. The molecule has 22 heavy (non-hydrogen) atoms. The van der Waals surface area contributed by atoms with Crippen molar-refractivity contribution in [3.05, 3.63) is 41.4 Å². The molecule has 1 aromatic heterocycles. The summed E-state index contributed by atoms with van der Waals surface area (Å²) in [7, 11) is 0. The summed E-state index contributed by atoms with van der Waals surface area (Å²) in [4.78, 5) is 16.2. The molecule has 0 atom stereocenters. The fourth-order valence-electron chi connectivity index (χ4n) is 1.49. The molecule has 0 saturated heterocycles. The number of nitrogens with two attached hydrogens (primary N) is 1. The molecule has 0 unspecified atom stereocenters. The third-order valence-corrected chi connectivity index (χ3v) is 3.16. The molecule has 1 amide bonds. The molecule has 0 radical (unpaired) electrons. The lowest BCUT2D eigenvalue weighted by Crippen LogP contribution is -2.22. The van der Waals surface area contributed by atoms with Gasteiger partial charge in [0.2, 0.25) is 5.71 Å². The van der Waals surface area contributed by atoms with Crippen molar-refractivity contribution in [3.8, 4) is 6.07 Å². The van der Waals surface area contributed by atoms with Gasteiger partial charge in [0.05, 0.1) is 11.3 Å². The van der Waals surface area contributed by atoms with E-state index in [0.717, 1.165) is 0 Å². The average Bonchev–Trinajstić information content (AvgIpc) is 3.01. The molecular formula is C13H11N7OS. The van der Waals surface area contributed by atoms with E-state index in [2.05, 4.69) is 20.8 Å². The Morgan fingerprint density at radius 2 is 2.23 bits per heavy atom. The third-order valence-electron chi connectivity index (χ3n) is 2.47. The molecule has 0 aliphatic carbocycles. The summed E-state index contributed by atoms with van der Waals surface area (Å²) < 4.78 is 0. The molecular weight excluding hydrogens is 302 g/mol. The second-order valence-electron chi connectivity index (χ2n) is 3.93. The van der Waals surface area contributed by atoms with E-state index in [-0.39, 0.29) is 11.6 Å². The standard InChI is InChI=1S/C13H11N7OS/c14-7-10(11(15)16)20-19-9-4-2-1-3-8(9)12(21)18-13-17-5-6-22-13/h1-6,19H,(H3,15,16)(H,17,18,21)/b20-10+. The number of hydrogen-bond acceptors (Lipinski definition) is 7.